The number of nitrogens with one attached hydrogen (secondary N) is 1. The topological polar surface area (TPSA) is 52.7 Å². The van der Waals surface area contributed by atoms with Crippen LogP contribution in [0.15, 0.2) is 0 Å². The third-order valence-electron chi connectivity index (χ3n) is 2.63. The molecule has 0 aromatic heterocycles. The summed E-state index contributed by atoms with van der Waals surface area (Å²) in [6, 6.07) is 0.0179. The number of Topliss-reactive ketones (excluding diaryl/α,β-unsaturated/α-hetero) is 1. The van der Waals surface area contributed by atoms with Crippen molar-refractivity contribution in [3.63, 3.8) is 0 Å². The molecule has 92 valence electrons. The van der Waals surface area contributed by atoms with Crippen molar-refractivity contribution < 1.29 is 9.59 Å². The normalized spacial score (nSPS) is 17.2. The summed E-state index contributed by atoms with van der Waals surface area (Å²) in [5, 5.41) is 2.86. The lowest BCUT2D eigenvalue weighted by molar-refractivity contribution is -0.118. The molecule has 0 atom stereocenters. The molecule has 1 aliphatic rings. The van der Waals surface area contributed by atoms with Gasteiger partial charge in [0.15, 0.2) is 0 Å². The average molecular weight is 227 g/mol. The number of piperazine rings is 1. The molecule has 0 spiro atoms. The third kappa shape index (κ3) is 4.18. The Morgan fingerprint density at radius 3 is 2.31 bits per heavy atom. The van der Waals surface area contributed by atoms with Gasteiger partial charge in [-0.15, -0.1) is 0 Å². The van der Waals surface area contributed by atoms with E-state index in [0.717, 1.165) is 26.1 Å². The predicted molar refractivity (Wildman–Crippen MR) is 62.4 cm³/mol. The summed E-state index contributed by atoms with van der Waals surface area (Å²) in [7, 11) is 0. The summed E-state index contributed by atoms with van der Waals surface area (Å²) in [6.07, 6.45) is 0.954. The molecule has 1 rings (SSSR count). The van der Waals surface area contributed by atoms with Gasteiger partial charge < -0.3 is 10.2 Å². The first-order chi connectivity index (χ1) is 7.63. The Balaban J connectivity index is 2.25. The van der Waals surface area contributed by atoms with E-state index in [-0.39, 0.29) is 11.8 Å². The predicted octanol–water partition coefficient (Wildman–Crippen LogP) is 0.313. The summed E-state index contributed by atoms with van der Waals surface area (Å²) >= 11 is 0. The Labute approximate surface area is 96.8 Å². The molecule has 16 heavy (non-hydrogen) atoms. The molecule has 0 radical (unpaired) electrons. The molecule has 5 nitrogen and oxygen atoms in total. The molecular formula is C11H21N3O2. The lowest BCUT2D eigenvalue weighted by atomic mass is 10.3. The van der Waals surface area contributed by atoms with Crippen molar-refractivity contribution in [1.82, 2.24) is 15.1 Å². The van der Waals surface area contributed by atoms with E-state index in [1.807, 2.05) is 11.8 Å². The van der Waals surface area contributed by atoms with Gasteiger partial charge in [-0.3, -0.25) is 9.69 Å². The van der Waals surface area contributed by atoms with Crippen LogP contribution in [0.1, 0.15) is 20.3 Å². The van der Waals surface area contributed by atoms with Crippen LogP contribution in [0.5, 0.6) is 0 Å². The summed E-state index contributed by atoms with van der Waals surface area (Å²) in [6.45, 7) is 7.87. The van der Waals surface area contributed by atoms with Crippen molar-refractivity contribution in [3.8, 4) is 0 Å². The number of rotatable bonds is 4. The van der Waals surface area contributed by atoms with Crippen LogP contribution < -0.4 is 5.32 Å². The lowest BCUT2D eigenvalue weighted by Gasteiger charge is -2.34. The summed E-state index contributed by atoms with van der Waals surface area (Å²) < 4.78 is 0. The highest BCUT2D eigenvalue weighted by Gasteiger charge is 2.20. The molecule has 0 aromatic carbocycles. The number of urea groups is 1. The minimum Gasteiger partial charge on any atom is -0.338 e. The minimum atomic E-state index is 0.0179. The monoisotopic (exact) mass is 227 g/mol. The molecule has 0 aromatic rings. The second kappa shape index (κ2) is 6.48. The van der Waals surface area contributed by atoms with Gasteiger partial charge in [0.2, 0.25) is 0 Å². The highest BCUT2D eigenvalue weighted by atomic mass is 16.2. The Morgan fingerprint density at radius 2 is 1.81 bits per heavy atom. The van der Waals surface area contributed by atoms with Crippen LogP contribution in [0.25, 0.3) is 0 Å². The van der Waals surface area contributed by atoms with Gasteiger partial charge in [0, 0.05) is 32.7 Å². The fourth-order valence-electron chi connectivity index (χ4n) is 1.77. The van der Waals surface area contributed by atoms with E-state index in [1.165, 1.54) is 0 Å². The van der Waals surface area contributed by atoms with E-state index in [1.54, 1.807) is 6.92 Å². The molecule has 1 aliphatic heterocycles. The average Bonchev–Trinajstić information content (AvgIpc) is 2.26. The van der Waals surface area contributed by atoms with E-state index < -0.39 is 0 Å². The van der Waals surface area contributed by atoms with Crippen LogP contribution in [0.3, 0.4) is 0 Å². The highest BCUT2D eigenvalue weighted by Crippen LogP contribution is 2.01. The highest BCUT2D eigenvalue weighted by molar-refractivity contribution is 5.77. The van der Waals surface area contributed by atoms with Crippen molar-refractivity contribution in [2.24, 2.45) is 0 Å². The van der Waals surface area contributed by atoms with Crippen LogP contribution in [-0.4, -0.2) is 60.9 Å². The van der Waals surface area contributed by atoms with Crippen LogP contribution in [0, 0.1) is 0 Å². The molecular weight excluding hydrogens is 206 g/mol. The fourth-order valence-corrected chi connectivity index (χ4v) is 1.77. The first-order valence-corrected chi connectivity index (χ1v) is 5.88. The smallest absolute Gasteiger partial charge is 0.317 e. The molecule has 0 unspecified atom stereocenters. The summed E-state index contributed by atoms with van der Waals surface area (Å²) in [5.41, 5.74) is 0. The van der Waals surface area contributed by atoms with Gasteiger partial charge in [0.1, 0.15) is 5.78 Å². The summed E-state index contributed by atoms with van der Waals surface area (Å²) in [5.74, 6) is 0.184. The molecule has 1 fully saturated rings. The van der Waals surface area contributed by atoms with Crippen LogP contribution in [-0.2, 0) is 4.79 Å². The number of hydrogen-bond donors (Lipinski definition) is 1. The van der Waals surface area contributed by atoms with E-state index in [4.69, 9.17) is 0 Å². The summed E-state index contributed by atoms with van der Waals surface area (Å²) in [4.78, 5) is 26.5. The first kappa shape index (κ1) is 13.0. The zero-order valence-electron chi connectivity index (χ0n) is 10.2. The van der Waals surface area contributed by atoms with E-state index >= 15 is 0 Å². The van der Waals surface area contributed by atoms with Gasteiger partial charge >= 0.3 is 6.03 Å². The molecule has 2 amide bonds. The maximum atomic E-state index is 11.6. The number of hydrogen-bond acceptors (Lipinski definition) is 3. The molecule has 1 heterocycles. The Hall–Kier alpha value is -1.10. The maximum Gasteiger partial charge on any atom is 0.317 e. The molecule has 5 heteroatoms. The lowest BCUT2D eigenvalue weighted by Crippen LogP contribution is -2.52. The molecule has 0 saturated carbocycles. The van der Waals surface area contributed by atoms with E-state index in [2.05, 4.69) is 10.2 Å². The van der Waals surface area contributed by atoms with E-state index in [0.29, 0.717) is 19.6 Å². The van der Waals surface area contributed by atoms with Crippen molar-refractivity contribution in [1.29, 1.82) is 0 Å². The quantitative estimate of drug-likeness (QED) is 0.752. The second-order valence-electron chi connectivity index (χ2n) is 4.20. The van der Waals surface area contributed by atoms with Crippen molar-refractivity contribution in [2.45, 2.75) is 20.3 Å². The van der Waals surface area contributed by atoms with Gasteiger partial charge in [-0.25, -0.2) is 4.79 Å². The second-order valence-corrected chi connectivity index (χ2v) is 4.20. The van der Waals surface area contributed by atoms with Crippen LogP contribution in [0.4, 0.5) is 4.79 Å². The fraction of sp³-hybridized carbons (Fsp3) is 0.818. The number of nitrogens with zero attached hydrogens (tertiary/aromatic N) is 2. The third-order valence-corrected chi connectivity index (χ3v) is 2.63. The SMILES string of the molecule is CCCNC(=O)N1CCN(CC(C)=O)CC1. The van der Waals surface area contributed by atoms with Gasteiger partial charge in [-0.2, -0.15) is 0 Å². The Morgan fingerprint density at radius 1 is 1.19 bits per heavy atom. The zero-order chi connectivity index (χ0) is 12.0. The zero-order valence-corrected chi connectivity index (χ0v) is 10.2. The maximum absolute atomic E-state index is 11.6. The van der Waals surface area contributed by atoms with Gasteiger partial charge in [-0.05, 0) is 13.3 Å². The largest absolute Gasteiger partial charge is 0.338 e. The minimum absolute atomic E-state index is 0.0179. The van der Waals surface area contributed by atoms with Crippen molar-refractivity contribution in [2.75, 3.05) is 39.3 Å². The van der Waals surface area contributed by atoms with Gasteiger partial charge in [0.25, 0.3) is 0 Å². The van der Waals surface area contributed by atoms with Crippen molar-refractivity contribution in [3.05, 3.63) is 0 Å². The molecule has 1 N–H and O–H groups in total. The number of ketones is 1. The van der Waals surface area contributed by atoms with Gasteiger partial charge in [0.05, 0.1) is 6.54 Å². The van der Waals surface area contributed by atoms with Crippen LogP contribution >= 0.6 is 0 Å². The van der Waals surface area contributed by atoms with E-state index in [9.17, 15) is 9.59 Å². The number of amides is 2. The first-order valence-electron chi connectivity index (χ1n) is 5.88. The Bertz CT molecular complexity index is 248. The van der Waals surface area contributed by atoms with Gasteiger partial charge in [-0.1, -0.05) is 6.92 Å². The molecule has 1 saturated heterocycles. The molecule has 0 bridgehead atoms. The molecule has 0 aliphatic carbocycles. The van der Waals surface area contributed by atoms with Crippen LogP contribution in [0.2, 0.25) is 0 Å². The standard InChI is InChI=1S/C11H21N3O2/c1-3-4-12-11(16)14-7-5-13(6-8-14)9-10(2)15/h3-9H2,1-2H3,(H,12,16). The number of carbonyl (C=O) groups is 2. The van der Waals surface area contributed by atoms with Crippen molar-refractivity contribution >= 4 is 11.8 Å². The number of carbonyl (C=O) groups excluding carboxylic acids is 2. The Kier molecular flexibility index (Phi) is 5.25.